The molecular formula is C26H35N5O3S. The minimum absolute atomic E-state index is 0.105. The van der Waals surface area contributed by atoms with Crippen LogP contribution in [0.25, 0.3) is 0 Å². The van der Waals surface area contributed by atoms with Crippen LogP contribution < -0.4 is 14.9 Å². The molecule has 0 atom stereocenters. The number of amides is 1. The van der Waals surface area contributed by atoms with Gasteiger partial charge in [-0.15, -0.1) is 0 Å². The highest BCUT2D eigenvalue weighted by molar-refractivity contribution is 7.90. The lowest BCUT2D eigenvalue weighted by Crippen LogP contribution is -2.48. The highest BCUT2D eigenvalue weighted by Crippen LogP contribution is 2.24. The van der Waals surface area contributed by atoms with Gasteiger partial charge in [-0.3, -0.25) is 19.4 Å². The lowest BCUT2D eigenvalue weighted by molar-refractivity contribution is -0.117. The minimum Gasteiger partial charge on any atom is -0.369 e. The van der Waals surface area contributed by atoms with Crippen molar-refractivity contribution in [2.75, 3.05) is 49.5 Å². The zero-order valence-electron chi connectivity index (χ0n) is 20.6. The standard InChI is InChI=1S/C26H35N5O3S/c1-20-7-6-8-24(21(20)2)31-17-15-30(16-18-31)19-26(32)28-22-10-12-23(13-11-22)35(33,34)29-25-9-4-3-5-14-27-25/h6-8,10-13H,3-5,9,14-19H2,1-2H3,(H,27,29)(H,28,32). The van der Waals surface area contributed by atoms with Gasteiger partial charge in [-0.1, -0.05) is 18.6 Å². The molecule has 2 N–H and O–H groups in total. The first kappa shape index (κ1) is 25.2. The molecule has 4 rings (SSSR count). The maximum atomic E-state index is 12.7. The van der Waals surface area contributed by atoms with Crippen molar-refractivity contribution in [1.29, 1.82) is 0 Å². The first-order chi connectivity index (χ1) is 16.8. The van der Waals surface area contributed by atoms with Crippen molar-refractivity contribution in [3.8, 4) is 0 Å². The Hall–Kier alpha value is -2.91. The number of nitrogens with zero attached hydrogens (tertiary/aromatic N) is 3. The van der Waals surface area contributed by atoms with Crippen LogP contribution in [-0.4, -0.2) is 64.3 Å². The zero-order valence-corrected chi connectivity index (χ0v) is 21.4. The highest BCUT2D eigenvalue weighted by atomic mass is 32.2. The van der Waals surface area contributed by atoms with E-state index in [-0.39, 0.29) is 10.8 Å². The summed E-state index contributed by atoms with van der Waals surface area (Å²) in [6, 6.07) is 12.7. The van der Waals surface area contributed by atoms with Gasteiger partial charge in [0.05, 0.1) is 11.4 Å². The van der Waals surface area contributed by atoms with Gasteiger partial charge in [-0.25, -0.2) is 8.42 Å². The second kappa shape index (κ2) is 11.2. The second-order valence-corrected chi connectivity index (χ2v) is 11.0. The number of benzene rings is 2. The second-order valence-electron chi connectivity index (χ2n) is 9.30. The fourth-order valence-electron chi connectivity index (χ4n) is 4.52. The molecule has 0 aromatic heterocycles. The molecular weight excluding hydrogens is 462 g/mol. The van der Waals surface area contributed by atoms with E-state index in [0.717, 1.165) is 45.4 Å². The Labute approximate surface area is 208 Å². The Bertz CT molecular complexity index is 1170. The van der Waals surface area contributed by atoms with Gasteiger partial charge in [0.2, 0.25) is 5.91 Å². The van der Waals surface area contributed by atoms with Gasteiger partial charge in [0.1, 0.15) is 5.84 Å². The minimum atomic E-state index is -3.68. The average Bonchev–Trinajstić information content (AvgIpc) is 3.10. The van der Waals surface area contributed by atoms with Crippen LogP contribution in [0.15, 0.2) is 52.4 Å². The fourth-order valence-corrected chi connectivity index (χ4v) is 5.61. The molecule has 2 aromatic carbocycles. The molecule has 2 aliphatic heterocycles. The average molecular weight is 498 g/mol. The van der Waals surface area contributed by atoms with Crippen LogP contribution >= 0.6 is 0 Å². The van der Waals surface area contributed by atoms with Crippen LogP contribution in [-0.2, 0) is 14.8 Å². The Balaban J connectivity index is 1.27. The third-order valence-corrected chi connectivity index (χ3v) is 8.13. The van der Waals surface area contributed by atoms with Crippen LogP contribution in [0.5, 0.6) is 0 Å². The van der Waals surface area contributed by atoms with E-state index in [1.54, 1.807) is 12.1 Å². The van der Waals surface area contributed by atoms with Gasteiger partial charge >= 0.3 is 0 Å². The number of rotatable bonds is 6. The maximum absolute atomic E-state index is 12.7. The number of anilines is 2. The number of aryl methyl sites for hydroxylation is 1. The number of sulfonamides is 1. The van der Waals surface area contributed by atoms with Crippen molar-refractivity contribution in [1.82, 2.24) is 9.62 Å². The smallest absolute Gasteiger partial charge is 0.262 e. The molecule has 0 aliphatic carbocycles. The predicted molar refractivity (Wildman–Crippen MR) is 141 cm³/mol. The van der Waals surface area contributed by atoms with E-state index >= 15 is 0 Å². The van der Waals surface area contributed by atoms with E-state index in [1.807, 2.05) is 0 Å². The topological polar surface area (TPSA) is 94.1 Å². The summed E-state index contributed by atoms with van der Waals surface area (Å²) >= 11 is 0. The van der Waals surface area contributed by atoms with E-state index < -0.39 is 10.0 Å². The quantitative estimate of drug-likeness (QED) is 0.639. The summed E-state index contributed by atoms with van der Waals surface area (Å²) in [5.74, 6) is 0.421. The Morgan fingerprint density at radius 2 is 1.71 bits per heavy atom. The van der Waals surface area contributed by atoms with Crippen molar-refractivity contribution in [3.05, 3.63) is 53.6 Å². The molecule has 2 aromatic rings. The molecule has 0 spiro atoms. The molecule has 0 unspecified atom stereocenters. The van der Waals surface area contributed by atoms with Crippen molar-refractivity contribution in [3.63, 3.8) is 0 Å². The van der Waals surface area contributed by atoms with E-state index in [2.05, 4.69) is 56.9 Å². The predicted octanol–water partition coefficient (Wildman–Crippen LogP) is 3.31. The number of hydrogen-bond donors (Lipinski definition) is 2. The third-order valence-electron chi connectivity index (χ3n) is 6.73. The summed E-state index contributed by atoms with van der Waals surface area (Å²) in [6.07, 6.45) is 3.63. The molecule has 0 radical (unpaired) electrons. The van der Waals surface area contributed by atoms with Crippen LogP contribution in [0.2, 0.25) is 0 Å². The van der Waals surface area contributed by atoms with Gasteiger partial charge in [0.25, 0.3) is 10.0 Å². The molecule has 9 heteroatoms. The van der Waals surface area contributed by atoms with Crippen molar-refractivity contribution < 1.29 is 13.2 Å². The summed E-state index contributed by atoms with van der Waals surface area (Å²) in [5, 5.41) is 2.88. The molecule has 1 amide bonds. The largest absolute Gasteiger partial charge is 0.369 e. The summed E-state index contributed by atoms with van der Waals surface area (Å²) in [5.41, 5.74) is 4.44. The first-order valence-corrected chi connectivity index (χ1v) is 13.8. The molecule has 1 saturated heterocycles. The van der Waals surface area contributed by atoms with Crippen LogP contribution in [0.3, 0.4) is 0 Å². The van der Waals surface area contributed by atoms with E-state index in [4.69, 9.17) is 0 Å². The normalized spacial score (nSPS) is 17.4. The number of hydrogen-bond acceptors (Lipinski definition) is 6. The lowest BCUT2D eigenvalue weighted by Gasteiger charge is -2.36. The number of piperazine rings is 1. The molecule has 188 valence electrons. The van der Waals surface area contributed by atoms with Gasteiger partial charge in [-0.05, 0) is 68.1 Å². The number of carbonyl (C=O) groups excluding carboxylic acids is 1. The number of nitrogens with one attached hydrogen (secondary N) is 2. The molecule has 0 saturated carbocycles. The van der Waals surface area contributed by atoms with Crippen LogP contribution in [0.4, 0.5) is 11.4 Å². The zero-order chi connectivity index (χ0) is 24.8. The molecule has 2 aliphatic rings. The van der Waals surface area contributed by atoms with Gasteiger partial charge in [0.15, 0.2) is 0 Å². The van der Waals surface area contributed by atoms with Gasteiger partial charge < -0.3 is 10.2 Å². The van der Waals surface area contributed by atoms with E-state index in [1.165, 1.54) is 28.9 Å². The Morgan fingerprint density at radius 3 is 2.46 bits per heavy atom. The molecule has 0 bridgehead atoms. The first-order valence-electron chi connectivity index (χ1n) is 12.3. The highest BCUT2D eigenvalue weighted by Gasteiger charge is 2.21. The molecule has 1 fully saturated rings. The van der Waals surface area contributed by atoms with E-state index in [9.17, 15) is 13.2 Å². The SMILES string of the molecule is Cc1cccc(N2CCN(CC(=O)Nc3ccc(S(=O)(=O)NC4=NCCCCC4)cc3)CC2)c1C. The summed E-state index contributed by atoms with van der Waals surface area (Å²) in [6.45, 7) is 8.63. The fraction of sp³-hybridized carbons (Fsp3) is 0.462. The number of aliphatic imine (C=N–C) groups is 1. The number of amidine groups is 1. The van der Waals surface area contributed by atoms with Crippen LogP contribution in [0.1, 0.15) is 36.8 Å². The molecule has 8 nitrogen and oxygen atoms in total. The Kier molecular flexibility index (Phi) is 8.07. The number of carbonyl (C=O) groups is 1. The van der Waals surface area contributed by atoms with Crippen LogP contribution in [0, 0.1) is 13.8 Å². The third kappa shape index (κ3) is 6.61. The van der Waals surface area contributed by atoms with Crippen molar-refractivity contribution in [2.45, 2.75) is 44.4 Å². The monoisotopic (exact) mass is 497 g/mol. The molecule has 35 heavy (non-hydrogen) atoms. The van der Waals surface area contributed by atoms with E-state index in [0.29, 0.717) is 31.0 Å². The van der Waals surface area contributed by atoms with Crippen molar-refractivity contribution >= 4 is 33.1 Å². The summed E-state index contributed by atoms with van der Waals surface area (Å²) in [4.78, 5) is 21.6. The maximum Gasteiger partial charge on any atom is 0.262 e. The van der Waals surface area contributed by atoms with Gasteiger partial charge in [0, 0.05) is 50.5 Å². The Morgan fingerprint density at radius 1 is 0.971 bits per heavy atom. The lowest BCUT2D eigenvalue weighted by atomic mass is 10.1. The summed E-state index contributed by atoms with van der Waals surface area (Å²) in [7, 11) is -3.68. The van der Waals surface area contributed by atoms with Crippen molar-refractivity contribution in [2.24, 2.45) is 4.99 Å². The summed E-state index contributed by atoms with van der Waals surface area (Å²) < 4.78 is 28.0. The molecule has 2 heterocycles. The van der Waals surface area contributed by atoms with Gasteiger partial charge in [-0.2, -0.15) is 0 Å².